The predicted molar refractivity (Wildman–Crippen MR) is 76.8 cm³/mol. The lowest BCUT2D eigenvalue weighted by Crippen LogP contribution is -2.18. The van der Waals surface area contributed by atoms with Gasteiger partial charge in [-0.2, -0.15) is 4.98 Å². The van der Waals surface area contributed by atoms with Crippen LogP contribution in [0.1, 0.15) is 32.5 Å². The van der Waals surface area contributed by atoms with Gasteiger partial charge in [0.25, 0.3) is 0 Å². The normalized spacial score (nSPS) is 11.4. The molecular formula is C13H20N6O. The van der Waals surface area contributed by atoms with Crippen LogP contribution in [0, 0.1) is 0 Å². The van der Waals surface area contributed by atoms with E-state index in [0.29, 0.717) is 18.9 Å². The summed E-state index contributed by atoms with van der Waals surface area (Å²) in [7, 11) is 1.84. The van der Waals surface area contributed by atoms with Gasteiger partial charge < -0.3 is 15.2 Å². The number of nitrogens with zero attached hydrogens (tertiary/aromatic N) is 4. The highest BCUT2D eigenvalue weighted by Gasteiger charge is 2.18. The van der Waals surface area contributed by atoms with Gasteiger partial charge in [-0.1, -0.05) is 25.9 Å². The van der Waals surface area contributed by atoms with E-state index in [1.54, 1.807) is 0 Å². The molecule has 0 atom stereocenters. The van der Waals surface area contributed by atoms with Crippen molar-refractivity contribution in [1.29, 1.82) is 0 Å². The Morgan fingerprint density at radius 1 is 1.20 bits per heavy atom. The molecule has 7 heteroatoms. The maximum absolute atomic E-state index is 4.95. The summed E-state index contributed by atoms with van der Waals surface area (Å²) >= 11 is 0. The second-order valence-corrected chi connectivity index (χ2v) is 5.47. The summed E-state index contributed by atoms with van der Waals surface area (Å²) in [6.45, 7) is 6.93. The van der Waals surface area contributed by atoms with Gasteiger partial charge in [0.2, 0.25) is 5.89 Å². The number of aromatic nitrogens is 4. The Morgan fingerprint density at radius 3 is 2.55 bits per heavy atom. The standard InChI is InChI=1S/C13H20N6O/c1-13(2,3)12-18-9(14-4)7-10(19-12)15-6-5-11-16-8-17-20-11/h7-8H,5-6H2,1-4H3,(H2,14,15,18,19). The van der Waals surface area contributed by atoms with Gasteiger partial charge in [-0.3, -0.25) is 0 Å². The number of nitrogens with one attached hydrogen (secondary N) is 2. The van der Waals surface area contributed by atoms with Gasteiger partial charge in [0.05, 0.1) is 0 Å². The second kappa shape index (κ2) is 5.85. The van der Waals surface area contributed by atoms with Crippen LogP contribution in [0.2, 0.25) is 0 Å². The first-order chi connectivity index (χ1) is 9.49. The Bertz CT molecular complexity index is 546. The number of hydrogen-bond donors (Lipinski definition) is 2. The van der Waals surface area contributed by atoms with E-state index in [1.807, 2.05) is 13.1 Å². The van der Waals surface area contributed by atoms with E-state index in [-0.39, 0.29) is 5.41 Å². The average Bonchev–Trinajstić information content (AvgIpc) is 2.90. The zero-order valence-electron chi connectivity index (χ0n) is 12.3. The van der Waals surface area contributed by atoms with E-state index in [1.165, 1.54) is 6.33 Å². The summed E-state index contributed by atoms with van der Waals surface area (Å²) in [5, 5.41) is 9.88. The highest BCUT2D eigenvalue weighted by Crippen LogP contribution is 2.22. The van der Waals surface area contributed by atoms with Crippen molar-refractivity contribution in [1.82, 2.24) is 20.1 Å². The van der Waals surface area contributed by atoms with E-state index < -0.39 is 0 Å². The van der Waals surface area contributed by atoms with Gasteiger partial charge in [-0.25, -0.2) is 9.97 Å². The summed E-state index contributed by atoms with van der Waals surface area (Å²) in [6.07, 6.45) is 2.06. The topological polar surface area (TPSA) is 88.8 Å². The summed E-state index contributed by atoms with van der Waals surface area (Å²) < 4.78 is 4.95. The summed E-state index contributed by atoms with van der Waals surface area (Å²) in [5.41, 5.74) is -0.101. The Morgan fingerprint density at radius 2 is 1.95 bits per heavy atom. The Labute approximate surface area is 118 Å². The summed E-state index contributed by atoms with van der Waals surface area (Å²) in [6, 6.07) is 1.88. The maximum Gasteiger partial charge on any atom is 0.228 e. The van der Waals surface area contributed by atoms with Gasteiger partial charge in [-0.05, 0) is 0 Å². The highest BCUT2D eigenvalue weighted by molar-refractivity contribution is 5.47. The van der Waals surface area contributed by atoms with Crippen LogP contribution in [0.15, 0.2) is 16.9 Å². The first-order valence-corrected chi connectivity index (χ1v) is 6.56. The lowest BCUT2D eigenvalue weighted by Gasteiger charge is -2.18. The van der Waals surface area contributed by atoms with Crippen molar-refractivity contribution in [3.8, 4) is 0 Å². The molecule has 0 saturated carbocycles. The van der Waals surface area contributed by atoms with E-state index in [2.05, 4.69) is 51.5 Å². The van der Waals surface area contributed by atoms with Crippen LogP contribution in [-0.4, -0.2) is 33.7 Å². The maximum atomic E-state index is 4.95. The quantitative estimate of drug-likeness (QED) is 0.861. The molecule has 0 radical (unpaired) electrons. The van der Waals surface area contributed by atoms with Crippen LogP contribution >= 0.6 is 0 Å². The monoisotopic (exact) mass is 276 g/mol. The molecule has 0 fully saturated rings. The molecule has 0 bridgehead atoms. The molecule has 2 heterocycles. The first-order valence-electron chi connectivity index (χ1n) is 6.56. The van der Waals surface area contributed by atoms with Crippen molar-refractivity contribution in [2.75, 3.05) is 24.2 Å². The van der Waals surface area contributed by atoms with Crippen LogP contribution in [0.4, 0.5) is 11.6 Å². The van der Waals surface area contributed by atoms with E-state index >= 15 is 0 Å². The molecule has 2 rings (SSSR count). The van der Waals surface area contributed by atoms with E-state index in [9.17, 15) is 0 Å². The minimum atomic E-state index is -0.101. The fraction of sp³-hybridized carbons (Fsp3) is 0.538. The largest absolute Gasteiger partial charge is 0.373 e. The van der Waals surface area contributed by atoms with Gasteiger partial charge in [-0.15, -0.1) is 0 Å². The van der Waals surface area contributed by atoms with Crippen molar-refractivity contribution in [3.63, 3.8) is 0 Å². The lowest BCUT2D eigenvalue weighted by atomic mass is 9.96. The molecule has 2 N–H and O–H groups in total. The molecule has 0 saturated heterocycles. The Kier molecular flexibility index (Phi) is 4.16. The Balaban J connectivity index is 2.06. The molecule has 7 nitrogen and oxygen atoms in total. The van der Waals surface area contributed by atoms with Crippen molar-refractivity contribution < 1.29 is 4.52 Å². The van der Waals surface area contributed by atoms with Gasteiger partial charge >= 0.3 is 0 Å². The molecule has 0 aliphatic carbocycles. The fourth-order valence-corrected chi connectivity index (χ4v) is 1.60. The third kappa shape index (κ3) is 3.66. The molecule has 0 aliphatic heterocycles. The molecule has 20 heavy (non-hydrogen) atoms. The minimum absolute atomic E-state index is 0.101. The average molecular weight is 276 g/mol. The molecular weight excluding hydrogens is 256 g/mol. The molecule has 108 valence electrons. The molecule has 2 aromatic rings. The van der Waals surface area contributed by atoms with Gasteiger partial charge in [0, 0.05) is 31.5 Å². The minimum Gasteiger partial charge on any atom is -0.373 e. The number of hydrogen-bond acceptors (Lipinski definition) is 7. The Hall–Kier alpha value is -2.18. The van der Waals surface area contributed by atoms with Gasteiger partial charge in [0.1, 0.15) is 17.5 Å². The third-order valence-corrected chi connectivity index (χ3v) is 2.71. The van der Waals surface area contributed by atoms with Crippen molar-refractivity contribution in [2.45, 2.75) is 32.6 Å². The van der Waals surface area contributed by atoms with Crippen molar-refractivity contribution in [3.05, 3.63) is 24.1 Å². The number of rotatable bonds is 5. The third-order valence-electron chi connectivity index (χ3n) is 2.71. The zero-order valence-corrected chi connectivity index (χ0v) is 12.3. The van der Waals surface area contributed by atoms with Crippen LogP contribution in [0.25, 0.3) is 0 Å². The first kappa shape index (κ1) is 14.2. The molecule has 0 aromatic carbocycles. The van der Waals surface area contributed by atoms with Crippen LogP contribution < -0.4 is 10.6 Å². The molecule has 0 spiro atoms. The summed E-state index contributed by atoms with van der Waals surface area (Å²) in [5.74, 6) is 2.99. The SMILES string of the molecule is CNc1cc(NCCc2ncno2)nc(C(C)(C)C)n1. The molecule has 0 unspecified atom stereocenters. The van der Waals surface area contributed by atoms with Crippen LogP contribution in [-0.2, 0) is 11.8 Å². The highest BCUT2D eigenvalue weighted by atomic mass is 16.5. The predicted octanol–water partition coefficient (Wildman–Crippen LogP) is 1.85. The molecule has 0 aliphatic rings. The van der Waals surface area contributed by atoms with Crippen molar-refractivity contribution in [2.24, 2.45) is 0 Å². The summed E-state index contributed by atoms with van der Waals surface area (Å²) in [4.78, 5) is 13.0. The molecule has 0 amide bonds. The zero-order chi connectivity index (χ0) is 14.6. The van der Waals surface area contributed by atoms with Crippen molar-refractivity contribution >= 4 is 11.6 Å². The van der Waals surface area contributed by atoms with Crippen LogP contribution in [0.5, 0.6) is 0 Å². The van der Waals surface area contributed by atoms with E-state index in [0.717, 1.165) is 17.5 Å². The smallest absolute Gasteiger partial charge is 0.228 e. The van der Waals surface area contributed by atoms with Gasteiger partial charge in [0.15, 0.2) is 6.33 Å². The molecule has 2 aromatic heterocycles. The lowest BCUT2D eigenvalue weighted by molar-refractivity contribution is 0.379. The van der Waals surface area contributed by atoms with E-state index in [4.69, 9.17) is 4.52 Å². The second-order valence-electron chi connectivity index (χ2n) is 5.47. The van der Waals surface area contributed by atoms with Crippen LogP contribution in [0.3, 0.4) is 0 Å². The number of anilines is 2. The fourth-order valence-electron chi connectivity index (χ4n) is 1.60.